The van der Waals surface area contributed by atoms with Crippen molar-refractivity contribution in [3.8, 4) is 5.75 Å². The highest BCUT2D eigenvalue weighted by atomic mass is 16.3. The van der Waals surface area contributed by atoms with Crippen molar-refractivity contribution in [2.24, 2.45) is 0 Å². The third-order valence-electron chi connectivity index (χ3n) is 4.09. The first-order valence-corrected chi connectivity index (χ1v) is 7.39. The smallest absolute Gasteiger partial charge is 0.115 e. The van der Waals surface area contributed by atoms with E-state index in [0.29, 0.717) is 11.8 Å². The van der Waals surface area contributed by atoms with Gasteiger partial charge >= 0.3 is 0 Å². The predicted octanol–water partition coefficient (Wildman–Crippen LogP) is 3.43. The van der Waals surface area contributed by atoms with E-state index in [1.165, 1.54) is 29.5 Å². The van der Waals surface area contributed by atoms with Crippen molar-refractivity contribution < 1.29 is 5.11 Å². The fourth-order valence-electron chi connectivity index (χ4n) is 2.98. The minimum atomic E-state index is 0.388. The summed E-state index contributed by atoms with van der Waals surface area (Å²) in [6, 6.07) is 16.9. The molecule has 0 bridgehead atoms. The molecule has 1 aliphatic carbocycles. The number of phenols is 1. The lowest BCUT2D eigenvalue weighted by atomic mass is 10.0. The number of nitrogens with one attached hydrogen (secondary N) is 1. The second-order valence-electron chi connectivity index (χ2n) is 5.61. The highest BCUT2D eigenvalue weighted by Crippen LogP contribution is 2.24. The molecule has 1 aliphatic rings. The maximum atomic E-state index is 9.58. The van der Waals surface area contributed by atoms with E-state index >= 15 is 0 Å². The topological polar surface area (TPSA) is 32.3 Å². The van der Waals surface area contributed by atoms with Gasteiger partial charge in [0.05, 0.1) is 0 Å². The van der Waals surface area contributed by atoms with Gasteiger partial charge < -0.3 is 10.4 Å². The Morgan fingerprint density at radius 3 is 2.75 bits per heavy atom. The van der Waals surface area contributed by atoms with Crippen LogP contribution >= 0.6 is 0 Å². The summed E-state index contributed by atoms with van der Waals surface area (Å²) in [4.78, 5) is 0. The number of hydrogen-bond acceptors (Lipinski definition) is 2. The molecule has 2 aromatic carbocycles. The molecule has 0 heterocycles. The molecule has 2 heteroatoms. The molecule has 1 unspecified atom stereocenters. The zero-order valence-corrected chi connectivity index (χ0v) is 11.7. The number of fused-ring (bicyclic) bond motifs is 1. The van der Waals surface area contributed by atoms with E-state index in [2.05, 4.69) is 41.7 Å². The third-order valence-corrected chi connectivity index (χ3v) is 4.09. The van der Waals surface area contributed by atoms with Crippen LogP contribution in [0, 0.1) is 0 Å². The Balaban J connectivity index is 1.65. The van der Waals surface area contributed by atoms with E-state index in [1.807, 2.05) is 6.07 Å². The molecule has 0 fully saturated rings. The Hall–Kier alpha value is -1.80. The van der Waals surface area contributed by atoms with E-state index in [1.54, 1.807) is 6.07 Å². The molecular weight excluding hydrogens is 246 g/mol. The fourth-order valence-corrected chi connectivity index (χ4v) is 2.98. The normalized spacial score (nSPS) is 18.3. The van der Waals surface area contributed by atoms with Crippen molar-refractivity contribution in [3.63, 3.8) is 0 Å². The van der Waals surface area contributed by atoms with E-state index in [0.717, 1.165) is 19.4 Å². The van der Waals surface area contributed by atoms with Crippen LogP contribution in [-0.4, -0.2) is 11.1 Å². The van der Waals surface area contributed by atoms with Crippen LogP contribution in [0.5, 0.6) is 5.75 Å². The monoisotopic (exact) mass is 267 g/mol. The van der Waals surface area contributed by atoms with Crippen molar-refractivity contribution in [3.05, 3.63) is 65.2 Å². The van der Waals surface area contributed by atoms with Crippen LogP contribution in [0.4, 0.5) is 0 Å². The van der Waals surface area contributed by atoms with Gasteiger partial charge in [0.25, 0.3) is 0 Å². The average molecular weight is 267 g/mol. The van der Waals surface area contributed by atoms with Gasteiger partial charge in [-0.2, -0.15) is 0 Å². The summed E-state index contributed by atoms with van der Waals surface area (Å²) in [7, 11) is 0. The van der Waals surface area contributed by atoms with Crippen LogP contribution in [0.15, 0.2) is 48.5 Å². The summed E-state index contributed by atoms with van der Waals surface area (Å²) in [6.07, 6.45) is 4.51. The molecule has 0 aromatic heterocycles. The Morgan fingerprint density at radius 2 is 1.90 bits per heavy atom. The van der Waals surface area contributed by atoms with Crippen LogP contribution in [-0.2, 0) is 19.4 Å². The van der Waals surface area contributed by atoms with Crippen molar-refractivity contribution >= 4 is 0 Å². The number of hydrogen-bond donors (Lipinski definition) is 2. The average Bonchev–Trinajstić information content (AvgIpc) is 2.67. The standard InChI is InChI=1S/C18H21NO/c20-18-10-9-16-11-17(8-4-7-15(16)12-18)19-13-14-5-2-1-3-6-14/h1-3,5-6,9-10,12,17,19-20H,4,7-8,11,13H2. The lowest BCUT2D eigenvalue weighted by molar-refractivity contribution is 0.473. The summed E-state index contributed by atoms with van der Waals surface area (Å²) < 4.78 is 0. The van der Waals surface area contributed by atoms with Crippen LogP contribution in [0.3, 0.4) is 0 Å². The molecular formula is C18H21NO. The maximum Gasteiger partial charge on any atom is 0.115 e. The SMILES string of the molecule is Oc1ccc2c(c1)CCCC(NCc1ccccc1)C2. The van der Waals surface area contributed by atoms with Gasteiger partial charge in [0, 0.05) is 12.6 Å². The highest BCUT2D eigenvalue weighted by molar-refractivity contribution is 5.36. The van der Waals surface area contributed by atoms with E-state index in [9.17, 15) is 5.11 Å². The molecule has 3 rings (SSSR count). The van der Waals surface area contributed by atoms with Gasteiger partial charge in [0.2, 0.25) is 0 Å². The molecule has 0 radical (unpaired) electrons. The summed E-state index contributed by atoms with van der Waals surface area (Å²) >= 11 is 0. The number of rotatable bonds is 3. The summed E-state index contributed by atoms with van der Waals surface area (Å²) in [6.45, 7) is 0.929. The van der Waals surface area contributed by atoms with Gasteiger partial charge in [-0.3, -0.25) is 0 Å². The molecule has 20 heavy (non-hydrogen) atoms. The molecule has 0 saturated heterocycles. The van der Waals surface area contributed by atoms with Gasteiger partial charge in [-0.1, -0.05) is 36.4 Å². The number of aromatic hydroxyl groups is 1. The minimum absolute atomic E-state index is 0.388. The first-order valence-electron chi connectivity index (χ1n) is 7.39. The van der Waals surface area contributed by atoms with Crippen LogP contribution in [0.2, 0.25) is 0 Å². The van der Waals surface area contributed by atoms with Gasteiger partial charge in [-0.05, 0) is 54.5 Å². The number of aryl methyl sites for hydroxylation is 1. The number of benzene rings is 2. The van der Waals surface area contributed by atoms with Crippen LogP contribution in [0.25, 0.3) is 0 Å². The zero-order chi connectivity index (χ0) is 13.8. The van der Waals surface area contributed by atoms with Crippen molar-refractivity contribution in [1.29, 1.82) is 0 Å². The van der Waals surface area contributed by atoms with Gasteiger partial charge in [-0.25, -0.2) is 0 Å². The Bertz CT molecular complexity index is 565. The lowest BCUT2D eigenvalue weighted by Gasteiger charge is -2.17. The van der Waals surface area contributed by atoms with E-state index < -0.39 is 0 Å². The molecule has 0 aliphatic heterocycles. The maximum absolute atomic E-state index is 9.58. The molecule has 104 valence electrons. The Labute approximate surface area is 120 Å². The van der Waals surface area contributed by atoms with Crippen LogP contribution < -0.4 is 5.32 Å². The van der Waals surface area contributed by atoms with Crippen molar-refractivity contribution in [2.45, 2.75) is 38.3 Å². The largest absolute Gasteiger partial charge is 0.508 e. The van der Waals surface area contributed by atoms with Gasteiger partial charge in [-0.15, -0.1) is 0 Å². The summed E-state index contributed by atoms with van der Waals surface area (Å²) in [5.41, 5.74) is 4.03. The predicted molar refractivity (Wildman–Crippen MR) is 81.8 cm³/mol. The molecule has 0 amide bonds. The highest BCUT2D eigenvalue weighted by Gasteiger charge is 2.16. The molecule has 1 atom stereocenters. The Morgan fingerprint density at radius 1 is 1.05 bits per heavy atom. The van der Waals surface area contributed by atoms with Crippen molar-refractivity contribution in [1.82, 2.24) is 5.32 Å². The van der Waals surface area contributed by atoms with Gasteiger partial charge in [0.15, 0.2) is 0 Å². The second kappa shape index (κ2) is 6.10. The fraction of sp³-hybridized carbons (Fsp3) is 0.333. The quantitative estimate of drug-likeness (QED) is 0.835. The first kappa shape index (κ1) is 13.2. The molecule has 2 nitrogen and oxygen atoms in total. The van der Waals surface area contributed by atoms with E-state index in [-0.39, 0.29) is 0 Å². The number of phenolic OH excluding ortho intramolecular Hbond substituents is 1. The molecule has 0 spiro atoms. The minimum Gasteiger partial charge on any atom is -0.508 e. The van der Waals surface area contributed by atoms with E-state index in [4.69, 9.17) is 0 Å². The third kappa shape index (κ3) is 3.20. The summed E-state index contributed by atoms with van der Waals surface area (Å²) in [5, 5.41) is 13.3. The van der Waals surface area contributed by atoms with Crippen LogP contribution in [0.1, 0.15) is 29.5 Å². The first-order chi connectivity index (χ1) is 9.81. The van der Waals surface area contributed by atoms with Gasteiger partial charge in [0.1, 0.15) is 5.75 Å². The Kier molecular flexibility index (Phi) is 4.03. The summed E-state index contributed by atoms with van der Waals surface area (Å²) in [5.74, 6) is 0.388. The van der Waals surface area contributed by atoms with Crippen molar-refractivity contribution in [2.75, 3.05) is 0 Å². The zero-order valence-electron chi connectivity index (χ0n) is 11.7. The molecule has 2 N–H and O–H groups in total. The lowest BCUT2D eigenvalue weighted by Crippen LogP contribution is -2.30. The second-order valence-corrected chi connectivity index (χ2v) is 5.61. The molecule has 0 saturated carbocycles. The molecule has 2 aromatic rings.